The first-order valence-corrected chi connectivity index (χ1v) is 11.4. The third kappa shape index (κ3) is 5.13. The van der Waals surface area contributed by atoms with Gasteiger partial charge in [-0.2, -0.15) is 0 Å². The average molecular weight is 423 g/mol. The van der Waals surface area contributed by atoms with Gasteiger partial charge in [-0.25, -0.2) is 13.1 Å². The van der Waals surface area contributed by atoms with Gasteiger partial charge in [-0.3, -0.25) is 4.90 Å². The SMILES string of the molecule is CC(C)c1ccc(S(=O)(=O)NCC(c2ccccc2Cl)N2CCOCC2)cc1. The highest BCUT2D eigenvalue weighted by atomic mass is 35.5. The van der Waals surface area contributed by atoms with E-state index in [1.165, 1.54) is 0 Å². The normalized spacial score (nSPS) is 17.0. The molecule has 5 nitrogen and oxygen atoms in total. The molecule has 1 aliphatic rings. The molecule has 0 saturated carbocycles. The van der Waals surface area contributed by atoms with E-state index in [9.17, 15) is 8.42 Å². The molecule has 0 radical (unpaired) electrons. The minimum Gasteiger partial charge on any atom is -0.379 e. The van der Waals surface area contributed by atoms with Gasteiger partial charge in [0.1, 0.15) is 0 Å². The third-order valence-electron chi connectivity index (χ3n) is 5.07. The Balaban J connectivity index is 1.79. The molecule has 0 aromatic heterocycles. The summed E-state index contributed by atoms with van der Waals surface area (Å²) in [5.41, 5.74) is 2.03. The van der Waals surface area contributed by atoms with Gasteiger partial charge in [0.15, 0.2) is 0 Å². The summed E-state index contributed by atoms with van der Waals surface area (Å²) in [6.07, 6.45) is 0. The summed E-state index contributed by atoms with van der Waals surface area (Å²) in [5, 5.41) is 0.638. The van der Waals surface area contributed by atoms with E-state index >= 15 is 0 Å². The molecule has 1 heterocycles. The molecule has 1 N–H and O–H groups in total. The van der Waals surface area contributed by atoms with E-state index in [0.717, 1.165) is 24.2 Å². The quantitative estimate of drug-likeness (QED) is 0.737. The zero-order valence-corrected chi connectivity index (χ0v) is 17.8. The van der Waals surface area contributed by atoms with E-state index in [4.69, 9.17) is 16.3 Å². The van der Waals surface area contributed by atoms with Crippen LogP contribution in [-0.2, 0) is 14.8 Å². The molecule has 0 aliphatic carbocycles. The van der Waals surface area contributed by atoms with Crippen LogP contribution in [0.5, 0.6) is 0 Å². The second-order valence-corrected chi connectivity index (χ2v) is 9.44. The number of sulfonamides is 1. The molecule has 3 rings (SSSR count). The molecule has 1 saturated heterocycles. The van der Waals surface area contributed by atoms with Gasteiger partial charge in [-0.1, -0.05) is 55.8 Å². The molecular weight excluding hydrogens is 396 g/mol. The van der Waals surface area contributed by atoms with Gasteiger partial charge in [0.25, 0.3) is 0 Å². The molecule has 0 spiro atoms. The van der Waals surface area contributed by atoms with Crippen molar-refractivity contribution in [2.24, 2.45) is 0 Å². The first kappa shape index (κ1) is 21.3. The predicted molar refractivity (Wildman–Crippen MR) is 112 cm³/mol. The van der Waals surface area contributed by atoms with E-state index in [-0.39, 0.29) is 17.5 Å². The minimum atomic E-state index is -3.61. The van der Waals surface area contributed by atoms with Crippen molar-refractivity contribution < 1.29 is 13.2 Å². The highest BCUT2D eigenvalue weighted by Crippen LogP contribution is 2.28. The molecule has 7 heteroatoms. The fourth-order valence-electron chi connectivity index (χ4n) is 3.37. The lowest BCUT2D eigenvalue weighted by Gasteiger charge is -2.35. The summed E-state index contributed by atoms with van der Waals surface area (Å²) in [7, 11) is -3.61. The van der Waals surface area contributed by atoms with E-state index in [1.54, 1.807) is 12.1 Å². The van der Waals surface area contributed by atoms with Crippen LogP contribution >= 0.6 is 11.6 Å². The number of nitrogens with zero attached hydrogens (tertiary/aromatic N) is 1. The van der Waals surface area contributed by atoms with Crippen LogP contribution < -0.4 is 4.72 Å². The largest absolute Gasteiger partial charge is 0.379 e. The standard InChI is InChI=1S/C21H27ClN2O3S/c1-16(2)17-7-9-18(10-8-17)28(25,26)23-15-21(24-11-13-27-14-12-24)19-5-3-4-6-20(19)22/h3-10,16,21,23H,11-15H2,1-2H3. The van der Waals surface area contributed by atoms with E-state index in [1.807, 2.05) is 36.4 Å². The summed E-state index contributed by atoms with van der Waals surface area (Å²) in [5.74, 6) is 0.357. The summed E-state index contributed by atoms with van der Waals surface area (Å²) >= 11 is 6.42. The van der Waals surface area contributed by atoms with E-state index in [0.29, 0.717) is 24.2 Å². The van der Waals surface area contributed by atoms with Gasteiger partial charge >= 0.3 is 0 Å². The summed E-state index contributed by atoms with van der Waals surface area (Å²) in [6, 6.07) is 14.5. The predicted octanol–water partition coefficient (Wildman–Crippen LogP) is 3.82. The molecule has 28 heavy (non-hydrogen) atoms. The molecular formula is C21H27ClN2O3S. The lowest BCUT2D eigenvalue weighted by Crippen LogP contribution is -2.43. The molecule has 0 bridgehead atoms. The Kier molecular flexibility index (Phi) is 7.12. The molecule has 1 fully saturated rings. The van der Waals surface area contributed by atoms with Gasteiger partial charge < -0.3 is 4.74 Å². The summed E-state index contributed by atoms with van der Waals surface area (Å²) in [4.78, 5) is 2.49. The highest BCUT2D eigenvalue weighted by Gasteiger charge is 2.26. The first-order chi connectivity index (χ1) is 13.4. The zero-order chi connectivity index (χ0) is 20.1. The summed E-state index contributed by atoms with van der Waals surface area (Å²) in [6.45, 7) is 7.14. The summed E-state index contributed by atoms with van der Waals surface area (Å²) < 4.78 is 33.9. The fourth-order valence-corrected chi connectivity index (χ4v) is 4.67. The lowest BCUT2D eigenvalue weighted by atomic mass is 10.0. The van der Waals surface area contributed by atoms with Gasteiger partial charge in [0.2, 0.25) is 10.0 Å². The van der Waals surface area contributed by atoms with Gasteiger partial charge in [-0.05, 0) is 35.2 Å². The number of rotatable bonds is 7. The van der Waals surface area contributed by atoms with E-state index in [2.05, 4.69) is 23.5 Å². The van der Waals surface area contributed by atoms with Crippen LogP contribution in [0.15, 0.2) is 53.4 Å². The number of hydrogen-bond donors (Lipinski definition) is 1. The Morgan fingerprint density at radius 2 is 1.71 bits per heavy atom. The Morgan fingerprint density at radius 3 is 2.32 bits per heavy atom. The van der Waals surface area contributed by atoms with Crippen LogP contribution in [0.2, 0.25) is 5.02 Å². The fraction of sp³-hybridized carbons (Fsp3) is 0.429. The second-order valence-electron chi connectivity index (χ2n) is 7.26. The first-order valence-electron chi connectivity index (χ1n) is 9.54. The van der Waals surface area contributed by atoms with Gasteiger partial charge in [-0.15, -0.1) is 0 Å². The number of ether oxygens (including phenoxy) is 1. The molecule has 1 unspecified atom stereocenters. The maximum atomic E-state index is 12.8. The highest BCUT2D eigenvalue weighted by molar-refractivity contribution is 7.89. The third-order valence-corrected chi connectivity index (χ3v) is 6.86. The van der Waals surface area contributed by atoms with Crippen LogP contribution in [0.25, 0.3) is 0 Å². The van der Waals surface area contributed by atoms with Crippen LogP contribution in [0.3, 0.4) is 0 Å². The molecule has 0 amide bonds. The average Bonchev–Trinajstić information content (AvgIpc) is 2.70. The van der Waals surface area contributed by atoms with Crippen LogP contribution in [-0.4, -0.2) is 46.2 Å². The smallest absolute Gasteiger partial charge is 0.240 e. The number of benzene rings is 2. The minimum absolute atomic E-state index is 0.151. The monoisotopic (exact) mass is 422 g/mol. The molecule has 2 aromatic rings. The Bertz CT molecular complexity index is 879. The maximum absolute atomic E-state index is 12.8. The van der Waals surface area contributed by atoms with Crippen molar-refractivity contribution in [1.82, 2.24) is 9.62 Å². The molecule has 1 atom stereocenters. The lowest BCUT2D eigenvalue weighted by molar-refractivity contribution is 0.0172. The Hall–Kier alpha value is -1.44. The van der Waals surface area contributed by atoms with E-state index < -0.39 is 10.0 Å². The number of nitrogens with one attached hydrogen (secondary N) is 1. The Morgan fingerprint density at radius 1 is 1.07 bits per heavy atom. The molecule has 1 aliphatic heterocycles. The van der Waals surface area contributed by atoms with Crippen molar-refractivity contribution in [3.63, 3.8) is 0 Å². The van der Waals surface area contributed by atoms with Crippen LogP contribution in [0.1, 0.15) is 36.9 Å². The second kappa shape index (κ2) is 9.37. The van der Waals surface area contributed by atoms with Crippen molar-refractivity contribution >= 4 is 21.6 Å². The van der Waals surface area contributed by atoms with Crippen molar-refractivity contribution in [3.05, 3.63) is 64.7 Å². The zero-order valence-electron chi connectivity index (χ0n) is 16.3. The van der Waals surface area contributed by atoms with Crippen LogP contribution in [0.4, 0.5) is 0 Å². The molecule has 2 aromatic carbocycles. The number of halogens is 1. The van der Waals surface area contributed by atoms with Crippen molar-refractivity contribution in [3.8, 4) is 0 Å². The molecule has 152 valence electrons. The van der Waals surface area contributed by atoms with Crippen LogP contribution in [0, 0.1) is 0 Å². The van der Waals surface area contributed by atoms with Gasteiger partial charge in [0, 0.05) is 30.7 Å². The maximum Gasteiger partial charge on any atom is 0.240 e. The van der Waals surface area contributed by atoms with Crippen molar-refractivity contribution in [2.75, 3.05) is 32.8 Å². The van der Waals surface area contributed by atoms with Crippen molar-refractivity contribution in [1.29, 1.82) is 0 Å². The van der Waals surface area contributed by atoms with Crippen molar-refractivity contribution in [2.45, 2.75) is 30.7 Å². The van der Waals surface area contributed by atoms with Gasteiger partial charge in [0.05, 0.1) is 18.1 Å². The number of hydrogen-bond acceptors (Lipinski definition) is 4. The topological polar surface area (TPSA) is 58.6 Å². The Labute approximate surface area is 172 Å². The number of morpholine rings is 1.